The molecule has 2 aromatic rings. The van der Waals surface area contributed by atoms with Gasteiger partial charge < -0.3 is 0 Å². The minimum Gasteiger partial charge on any atom is -0.296 e. The van der Waals surface area contributed by atoms with Gasteiger partial charge in [-0.25, -0.2) is 9.67 Å². The quantitative estimate of drug-likeness (QED) is 0.828. The molecule has 0 N–H and O–H groups in total. The second kappa shape index (κ2) is 6.89. The molecule has 0 bridgehead atoms. The van der Waals surface area contributed by atoms with E-state index in [1.165, 1.54) is 34.8 Å². The van der Waals surface area contributed by atoms with Gasteiger partial charge in [-0.05, 0) is 31.7 Å². The normalized spacial score (nSPS) is 18.6. The van der Waals surface area contributed by atoms with E-state index in [1.807, 2.05) is 17.4 Å². The van der Waals surface area contributed by atoms with Crippen molar-refractivity contribution in [3.63, 3.8) is 0 Å². The first-order chi connectivity index (χ1) is 12.4. The van der Waals surface area contributed by atoms with Gasteiger partial charge in [0.2, 0.25) is 0 Å². The molecule has 5 nitrogen and oxygen atoms in total. The van der Waals surface area contributed by atoms with Crippen molar-refractivity contribution in [3.8, 4) is 0 Å². The van der Waals surface area contributed by atoms with Gasteiger partial charge in [0.15, 0.2) is 0 Å². The maximum absolute atomic E-state index is 12.1. The van der Waals surface area contributed by atoms with Gasteiger partial charge in [0.05, 0.1) is 24.5 Å². The lowest BCUT2D eigenvalue weighted by Gasteiger charge is -2.38. The van der Waals surface area contributed by atoms with Crippen molar-refractivity contribution in [2.24, 2.45) is 5.92 Å². The van der Waals surface area contributed by atoms with Crippen molar-refractivity contribution < 1.29 is 0 Å². The predicted molar refractivity (Wildman–Crippen MR) is 105 cm³/mol. The fourth-order valence-electron chi connectivity index (χ4n) is 3.81. The van der Waals surface area contributed by atoms with E-state index >= 15 is 0 Å². The van der Waals surface area contributed by atoms with Gasteiger partial charge in [-0.1, -0.05) is 20.8 Å². The Morgan fingerprint density at radius 1 is 1.19 bits per heavy atom. The van der Waals surface area contributed by atoms with Crippen molar-refractivity contribution in [1.29, 1.82) is 0 Å². The summed E-state index contributed by atoms with van der Waals surface area (Å²) in [7, 11) is 0. The molecule has 2 aromatic heterocycles. The SMILES string of the molecule is CC(C)(C)c1ccc(=O)n(CC2CN(Cc3nc4c(s3)CCCC4)C2)n1. The van der Waals surface area contributed by atoms with Gasteiger partial charge >= 0.3 is 0 Å². The number of rotatable bonds is 4. The molecule has 0 unspecified atom stereocenters. The molecule has 26 heavy (non-hydrogen) atoms. The zero-order valence-electron chi connectivity index (χ0n) is 16.0. The van der Waals surface area contributed by atoms with E-state index in [0.717, 1.165) is 31.7 Å². The number of aryl methyl sites for hydroxylation is 2. The van der Waals surface area contributed by atoms with Gasteiger partial charge in [0, 0.05) is 35.4 Å². The molecule has 0 aromatic carbocycles. The molecule has 140 valence electrons. The highest BCUT2D eigenvalue weighted by molar-refractivity contribution is 7.11. The minimum absolute atomic E-state index is 0.00375. The smallest absolute Gasteiger partial charge is 0.266 e. The average Bonchev–Trinajstić information content (AvgIpc) is 2.96. The molecule has 3 heterocycles. The van der Waals surface area contributed by atoms with Crippen LogP contribution in [0.5, 0.6) is 0 Å². The lowest BCUT2D eigenvalue weighted by Crippen LogP contribution is -2.49. The molecule has 0 amide bonds. The molecule has 6 heteroatoms. The maximum atomic E-state index is 12.1. The molecule has 2 aliphatic rings. The Balaban J connectivity index is 1.34. The fourth-order valence-corrected chi connectivity index (χ4v) is 5.01. The summed E-state index contributed by atoms with van der Waals surface area (Å²) in [5.74, 6) is 0.505. The lowest BCUT2D eigenvalue weighted by molar-refractivity contribution is 0.0762. The molecule has 1 aliphatic heterocycles. The number of thiazole rings is 1. The van der Waals surface area contributed by atoms with Crippen LogP contribution in [0, 0.1) is 5.92 Å². The molecule has 4 rings (SSSR count). The molecular formula is C20H28N4OS. The molecule has 0 saturated carbocycles. The molecule has 1 fully saturated rings. The summed E-state index contributed by atoms with van der Waals surface area (Å²) in [4.78, 5) is 20.9. The number of nitrogens with zero attached hydrogens (tertiary/aromatic N) is 4. The first-order valence-corrected chi connectivity index (χ1v) is 10.5. The van der Waals surface area contributed by atoms with Crippen LogP contribution in [0.3, 0.4) is 0 Å². The highest BCUT2D eigenvalue weighted by Gasteiger charge is 2.29. The van der Waals surface area contributed by atoms with Crippen molar-refractivity contribution in [1.82, 2.24) is 19.7 Å². The second-order valence-electron chi connectivity index (χ2n) is 8.73. The van der Waals surface area contributed by atoms with Crippen LogP contribution < -0.4 is 5.56 Å². The standard InChI is InChI=1S/C20H28N4OS/c1-20(2,3)17-8-9-19(25)24(22-17)12-14-10-23(11-14)13-18-21-15-6-4-5-7-16(15)26-18/h8-9,14H,4-7,10-13H2,1-3H3. The number of fused-ring (bicyclic) bond motifs is 1. The third-order valence-electron chi connectivity index (χ3n) is 5.35. The van der Waals surface area contributed by atoms with E-state index in [-0.39, 0.29) is 11.0 Å². The fraction of sp³-hybridized carbons (Fsp3) is 0.650. The molecule has 0 spiro atoms. The van der Waals surface area contributed by atoms with Crippen LogP contribution in [0.2, 0.25) is 0 Å². The molecule has 1 saturated heterocycles. The monoisotopic (exact) mass is 372 g/mol. The summed E-state index contributed by atoms with van der Waals surface area (Å²) in [6, 6.07) is 3.51. The number of likely N-dealkylation sites (tertiary alicyclic amines) is 1. The van der Waals surface area contributed by atoms with E-state index in [1.54, 1.807) is 10.7 Å². The van der Waals surface area contributed by atoms with E-state index in [9.17, 15) is 4.79 Å². The Labute approximate surface area is 159 Å². The number of hydrogen-bond donors (Lipinski definition) is 0. The summed E-state index contributed by atoms with van der Waals surface area (Å²) in [5, 5.41) is 5.86. The Morgan fingerprint density at radius 3 is 2.69 bits per heavy atom. The van der Waals surface area contributed by atoms with Crippen molar-refractivity contribution in [3.05, 3.63) is 43.8 Å². The third-order valence-corrected chi connectivity index (χ3v) is 6.49. The van der Waals surface area contributed by atoms with E-state index < -0.39 is 0 Å². The average molecular weight is 373 g/mol. The molecule has 1 aliphatic carbocycles. The summed E-state index contributed by atoms with van der Waals surface area (Å²) in [6.45, 7) is 10.1. The Bertz CT molecular complexity index is 819. The van der Waals surface area contributed by atoms with E-state index in [0.29, 0.717) is 12.5 Å². The van der Waals surface area contributed by atoms with Crippen LogP contribution in [0.1, 0.15) is 54.9 Å². The van der Waals surface area contributed by atoms with Crippen molar-refractivity contribution in [2.45, 2.75) is 65.0 Å². The first-order valence-electron chi connectivity index (χ1n) is 9.67. The van der Waals surface area contributed by atoms with Crippen LogP contribution >= 0.6 is 11.3 Å². The number of hydrogen-bond acceptors (Lipinski definition) is 5. The maximum Gasteiger partial charge on any atom is 0.266 e. The number of aromatic nitrogens is 3. The summed E-state index contributed by atoms with van der Waals surface area (Å²) in [6.07, 6.45) is 4.98. The summed E-state index contributed by atoms with van der Waals surface area (Å²) in [5.41, 5.74) is 2.29. The Morgan fingerprint density at radius 2 is 1.96 bits per heavy atom. The molecule has 0 radical (unpaired) electrons. The van der Waals surface area contributed by atoms with Gasteiger partial charge in [-0.2, -0.15) is 5.10 Å². The van der Waals surface area contributed by atoms with Crippen LogP contribution in [0.15, 0.2) is 16.9 Å². The van der Waals surface area contributed by atoms with E-state index in [2.05, 4.69) is 30.8 Å². The van der Waals surface area contributed by atoms with Crippen LogP contribution in [0.25, 0.3) is 0 Å². The third kappa shape index (κ3) is 3.76. The first kappa shape index (κ1) is 17.9. The zero-order valence-corrected chi connectivity index (χ0v) is 16.8. The van der Waals surface area contributed by atoms with Gasteiger partial charge in [0.1, 0.15) is 5.01 Å². The van der Waals surface area contributed by atoms with Gasteiger partial charge in [-0.3, -0.25) is 9.69 Å². The Hall–Kier alpha value is -1.53. The lowest BCUT2D eigenvalue weighted by atomic mass is 9.92. The highest BCUT2D eigenvalue weighted by Crippen LogP contribution is 2.29. The van der Waals surface area contributed by atoms with Gasteiger partial charge in [-0.15, -0.1) is 11.3 Å². The van der Waals surface area contributed by atoms with Crippen molar-refractivity contribution >= 4 is 11.3 Å². The second-order valence-corrected chi connectivity index (χ2v) is 9.90. The van der Waals surface area contributed by atoms with E-state index in [4.69, 9.17) is 4.98 Å². The molecule has 0 atom stereocenters. The highest BCUT2D eigenvalue weighted by atomic mass is 32.1. The topological polar surface area (TPSA) is 51.0 Å². The molecular weight excluding hydrogens is 344 g/mol. The Kier molecular flexibility index (Phi) is 4.73. The minimum atomic E-state index is -0.0367. The van der Waals surface area contributed by atoms with Crippen LogP contribution in [-0.2, 0) is 31.3 Å². The zero-order chi connectivity index (χ0) is 18.3. The summed E-state index contributed by atoms with van der Waals surface area (Å²) < 4.78 is 1.66. The van der Waals surface area contributed by atoms with Crippen LogP contribution in [0.4, 0.5) is 0 Å². The van der Waals surface area contributed by atoms with Crippen LogP contribution in [-0.4, -0.2) is 32.8 Å². The largest absolute Gasteiger partial charge is 0.296 e. The predicted octanol–water partition coefficient (Wildman–Crippen LogP) is 3.01. The summed E-state index contributed by atoms with van der Waals surface area (Å²) >= 11 is 1.90. The van der Waals surface area contributed by atoms with Crippen molar-refractivity contribution in [2.75, 3.05) is 13.1 Å². The van der Waals surface area contributed by atoms with Gasteiger partial charge in [0.25, 0.3) is 5.56 Å².